The third-order valence-electron chi connectivity index (χ3n) is 4.17. The van der Waals surface area contributed by atoms with Gasteiger partial charge in [0.1, 0.15) is 5.82 Å². The Balaban J connectivity index is 2.29. The van der Waals surface area contributed by atoms with E-state index in [1.807, 2.05) is 13.0 Å². The van der Waals surface area contributed by atoms with Gasteiger partial charge in [0.15, 0.2) is 0 Å². The van der Waals surface area contributed by atoms with E-state index in [4.69, 9.17) is 5.73 Å². The van der Waals surface area contributed by atoms with E-state index in [9.17, 15) is 4.39 Å². The topological polar surface area (TPSA) is 29.3 Å². The first kappa shape index (κ1) is 14.3. The lowest BCUT2D eigenvalue weighted by atomic mass is 9.85. The van der Waals surface area contributed by atoms with Gasteiger partial charge in [-0.3, -0.25) is 0 Å². The lowest BCUT2D eigenvalue weighted by Gasteiger charge is -2.28. The van der Waals surface area contributed by atoms with Crippen LogP contribution in [0.4, 0.5) is 10.1 Å². The highest BCUT2D eigenvalue weighted by molar-refractivity contribution is 5.55. The van der Waals surface area contributed by atoms with Gasteiger partial charge in [-0.1, -0.05) is 19.9 Å². The van der Waals surface area contributed by atoms with Crippen LogP contribution >= 0.6 is 0 Å². The molecule has 1 aromatic carbocycles. The Hall–Kier alpha value is -1.09. The van der Waals surface area contributed by atoms with Gasteiger partial charge in [0.05, 0.1) is 0 Å². The first-order valence-corrected chi connectivity index (χ1v) is 7.20. The summed E-state index contributed by atoms with van der Waals surface area (Å²) in [5, 5.41) is 0. The van der Waals surface area contributed by atoms with Crippen LogP contribution in [0.2, 0.25) is 0 Å². The van der Waals surface area contributed by atoms with Crippen LogP contribution in [-0.2, 0) is 0 Å². The van der Waals surface area contributed by atoms with Crippen LogP contribution in [0.15, 0.2) is 18.2 Å². The van der Waals surface area contributed by atoms with Crippen molar-refractivity contribution in [1.82, 2.24) is 0 Å². The minimum atomic E-state index is -0.271. The molecule has 3 heteroatoms. The van der Waals surface area contributed by atoms with Crippen LogP contribution in [0.3, 0.4) is 0 Å². The van der Waals surface area contributed by atoms with Gasteiger partial charge >= 0.3 is 0 Å². The third-order valence-corrected chi connectivity index (χ3v) is 4.17. The van der Waals surface area contributed by atoms with Crippen molar-refractivity contribution in [3.63, 3.8) is 0 Å². The fourth-order valence-corrected chi connectivity index (χ4v) is 2.92. The molecular weight excluding hydrogens is 239 g/mol. The standard InChI is InChI=1S/C16H25FN2/c1-12(18)15-13(17)6-4-7-14(15)19-10-5-8-16(2,3)9-11-19/h4,6-7,12H,5,8-11,18H2,1-3H3/t12-/m0/s1. The number of nitrogens with two attached hydrogens (primary N) is 1. The van der Waals surface area contributed by atoms with Gasteiger partial charge in [-0.15, -0.1) is 0 Å². The Morgan fingerprint density at radius 3 is 2.68 bits per heavy atom. The molecule has 2 rings (SSSR count). The molecule has 1 aliphatic rings. The number of nitrogens with zero attached hydrogens (tertiary/aromatic N) is 1. The minimum absolute atomic E-state index is 0.184. The lowest BCUT2D eigenvalue weighted by molar-refractivity contribution is 0.325. The van der Waals surface area contributed by atoms with Crippen molar-refractivity contribution in [2.24, 2.45) is 11.1 Å². The van der Waals surface area contributed by atoms with Crippen molar-refractivity contribution in [3.05, 3.63) is 29.6 Å². The second-order valence-corrected chi connectivity index (χ2v) is 6.47. The molecule has 2 N–H and O–H groups in total. The van der Waals surface area contributed by atoms with Gasteiger partial charge in [0, 0.05) is 30.4 Å². The number of benzene rings is 1. The summed E-state index contributed by atoms with van der Waals surface area (Å²) >= 11 is 0. The molecule has 1 saturated heterocycles. The molecule has 1 heterocycles. The highest BCUT2D eigenvalue weighted by atomic mass is 19.1. The fourth-order valence-electron chi connectivity index (χ4n) is 2.92. The highest BCUT2D eigenvalue weighted by Crippen LogP contribution is 2.34. The van der Waals surface area contributed by atoms with Crippen LogP contribution < -0.4 is 10.6 Å². The van der Waals surface area contributed by atoms with Crippen LogP contribution in [0.5, 0.6) is 0 Å². The molecule has 0 amide bonds. The van der Waals surface area contributed by atoms with Gasteiger partial charge in [0.25, 0.3) is 0 Å². The Labute approximate surface area is 115 Å². The Morgan fingerprint density at radius 2 is 2.00 bits per heavy atom. The van der Waals surface area contributed by atoms with Crippen molar-refractivity contribution in [3.8, 4) is 0 Å². The first-order chi connectivity index (χ1) is 8.91. The van der Waals surface area contributed by atoms with Crippen molar-refractivity contribution in [2.75, 3.05) is 18.0 Å². The first-order valence-electron chi connectivity index (χ1n) is 7.20. The average Bonchev–Trinajstić information content (AvgIpc) is 2.49. The van der Waals surface area contributed by atoms with Crippen molar-refractivity contribution >= 4 is 5.69 Å². The largest absolute Gasteiger partial charge is 0.371 e. The van der Waals surface area contributed by atoms with Crippen molar-refractivity contribution in [1.29, 1.82) is 0 Å². The molecule has 1 fully saturated rings. The highest BCUT2D eigenvalue weighted by Gasteiger charge is 2.25. The Kier molecular flexibility index (Phi) is 4.14. The summed E-state index contributed by atoms with van der Waals surface area (Å²) in [6, 6.07) is 5.02. The third kappa shape index (κ3) is 3.27. The Morgan fingerprint density at radius 1 is 1.26 bits per heavy atom. The van der Waals surface area contributed by atoms with E-state index in [0.717, 1.165) is 31.6 Å². The summed E-state index contributed by atoms with van der Waals surface area (Å²) in [4.78, 5) is 2.30. The summed E-state index contributed by atoms with van der Waals surface area (Å²) < 4.78 is 14.0. The molecule has 0 aliphatic carbocycles. The van der Waals surface area contributed by atoms with Gasteiger partial charge in [-0.2, -0.15) is 0 Å². The summed E-state index contributed by atoms with van der Waals surface area (Å²) in [5.74, 6) is -0.184. The summed E-state index contributed by atoms with van der Waals surface area (Å²) in [7, 11) is 0. The second-order valence-electron chi connectivity index (χ2n) is 6.47. The molecule has 2 nitrogen and oxygen atoms in total. The molecular formula is C16H25FN2. The monoisotopic (exact) mass is 264 g/mol. The van der Waals surface area contributed by atoms with Gasteiger partial charge in [0.2, 0.25) is 0 Å². The van der Waals surface area contributed by atoms with Crippen LogP contribution in [-0.4, -0.2) is 13.1 Å². The number of halogens is 1. The van der Waals surface area contributed by atoms with Crippen LogP contribution in [0.1, 0.15) is 51.6 Å². The molecule has 1 aliphatic heterocycles. The number of anilines is 1. The van der Waals surface area contributed by atoms with Gasteiger partial charge < -0.3 is 10.6 Å². The summed E-state index contributed by atoms with van der Waals surface area (Å²) in [6.07, 6.45) is 3.52. The smallest absolute Gasteiger partial charge is 0.130 e. The molecule has 106 valence electrons. The van der Waals surface area contributed by atoms with Crippen LogP contribution in [0.25, 0.3) is 0 Å². The second kappa shape index (κ2) is 5.49. The molecule has 0 unspecified atom stereocenters. The van der Waals surface area contributed by atoms with E-state index < -0.39 is 0 Å². The average molecular weight is 264 g/mol. The number of hydrogen-bond donors (Lipinski definition) is 1. The van der Waals surface area contributed by atoms with E-state index in [1.54, 1.807) is 6.07 Å². The van der Waals surface area contributed by atoms with E-state index >= 15 is 0 Å². The number of hydrogen-bond acceptors (Lipinski definition) is 2. The summed E-state index contributed by atoms with van der Waals surface area (Å²) in [5.41, 5.74) is 7.97. The summed E-state index contributed by atoms with van der Waals surface area (Å²) in [6.45, 7) is 8.45. The van der Waals surface area contributed by atoms with E-state index in [0.29, 0.717) is 11.0 Å². The molecule has 1 aromatic rings. The zero-order valence-corrected chi connectivity index (χ0v) is 12.2. The molecule has 0 bridgehead atoms. The molecule has 0 aromatic heterocycles. The van der Waals surface area contributed by atoms with Crippen molar-refractivity contribution in [2.45, 2.75) is 46.1 Å². The van der Waals surface area contributed by atoms with E-state index in [2.05, 4.69) is 18.7 Å². The van der Waals surface area contributed by atoms with Crippen molar-refractivity contribution < 1.29 is 4.39 Å². The normalized spacial score (nSPS) is 21.0. The van der Waals surface area contributed by atoms with Crippen LogP contribution in [0, 0.1) is 11.2 Å². The molecule has 0 radical (unpaired) electrons. The Bertz CT molecular complexity index is 440. The molecule has 19 heavy (non-hydrogen) atoms. The maximum atomic E-state index is 14.0. The van der Waals surface area contributed by atoms with Gasteiger partial charge in [-0.05, 0) is 43.7 Å². The fraction of sp³-hybridized carbons (Fsp3) is 0.625. The predicted octanol–water partition coefficient (Wildman–Crippen LogP) is 3.86. The zero-order chi connectivity index (χ0) is 14.0. The molecule has 1 atom stereocenters. The molecule has 0 spiro atoms. The maximum Gasteiger partial charge on any atom is 0.130 e. The predicted molar refractivity (Wildman–Crippen MR) is 78.8 cm³/mol. The van der Waals surface area contributed by atoms with Gasteiger partial charge in [-0.25, -0.2) is 4.39 Å². The number of rotatable bonds is 2. The maximum absolute atomic E-state index is 14.0. The van der Waals surface area contributed by atoms with E-state index in [1.165, 1.54) is 12.5 Å². The SMILES string of the molecule is C[C@H](N)c1c(F)cccc1N1CCCC(C)(C)CC1. The zero-order valence-electron chi connectivity index (χ0n) is 12.2. The lowest BCUT2D eigenvalue weighted by Crippen LogP contribution is -2.27. The minimum Gasteiger partial charge on any atom is -0.371 e. The quantitative estimate of drug-likeness (QED) is 0.878. The van der Waals surface area contributed by atoms with E-state index in [-0.39, 0.29) is 11.9 Å². The molecule has 0 saturated carbocycles.